The molecule has 0 saturated carbocycles. The zero-order valence-electron chi connectivity index (χ0n) is 7.21. The molecule has 0 bridgehead atoms. The van der Waals surface area contributed by atoms with Gasteiger partial charge in [-0.05, 0) is 13.0 Å². The van der Waals surface area contributed by atoms with E-state index < -0.39 is 0 Å². The summed E-state index contributed by atoms with van der Waals surface area (Å²) >= 11 is 0. The average Bonchev–Trinajstić information content (AvgIpc) is 2.15. The predicted molar refractivity (Wildman–Crippen MR) is 49.6 cm³/mol. The molecule has 0 amide bonds. The lowest BCUT2D eigenvalue weighted by molar-refractivity contribution is 0.134. The van der Waals surface area contributed by atoms with Crippen LogP contribution in [0.5, 0.6) is 0 Å². The second kappa shape index (κ2) is 4.74. The number of hydrogen-bond donors (Lipinski definition) is 2. The molecule has 12 heavy (non-hydrogen) atoms. The molecule has 0 heterocycles. The fraction of sp³-hybridized carbons (Fsp3) is 0.333. The summed E-state index contributed by atoms with van der Waals surface area (Å²) in [5, 5.41) is 0. The number of nitrogens with two attached hydrogens (primary N) is 1. The fourth-order valence-electron chi connectivity index (χ4n) is 0.999. The van der Waals surface area contributed by atoms with E-state index in [1.54, 1.807) is 0 Å². The molecule has 0 aliphatic rings. The first-order valence-corrected chi connectivity index (χ1v) is 4.00. The predicted octanol–water partition coefficient (Wildman–Crippen LogP) is 1.51. The van der Waals surface area contributed by atoms with Crippen molar-refractivity contribution in [2.45, 2.75) is 13.5 Å². The molecule has 0 unspecified atom stereocenters. The van der Waals surface area contributed by atoms with Crippen LogP contribution in [0.15, 0.2) is 24.3 Å². The third kappa shape index (κ3) is 2.22. The number of ether oxygens (including phenoxy) is 1. The van der Waals surface area contributed by atoms with Gasteiger partial charge in [-0.3, -0.25) is 5.84 Å². The Labute approximate surface area is 72.5 Å². The van der Waals surface area contributed by atoms with Gasteiger partial charge in [0.2, 0.25) is 0 Å². The van der Waals surface area contributed by atoms with E-state index in [0.29, 0.717) is 6.61 Å². The molecule has 1 aromatic carbocycles. The van der Waals surface area contributed by atoms with Crippen molar-refractivity contribution < 1.29 is 4.74 Å². The minimum atomic E-state index is 0.608. The molecule has 0 aliphatic heterocycles. The molecule has 0 aliphatic carbocycles. The summed E-state index contributed by atoms with van der Waals surface area (Å²) in [5.41, 5.74) is 4.63. The number of nitrogen functional groups attached to an aromatic ring is 1. The Morgan fingerprint density at radius 3 is 2.83 bits per heavy atom. The number of anilines is 1. The highest BCUT2D eigenvalue weighted by atomic mass is 16.5. The lowest BCUT2D eigenvalue weighted by Gasteiger charge is -2.07. The summed E-state index contributed by atoms with van der Waals surface area (Å²) in [6.07, 6.45) is 0. The molecular formula is C9H14N2O. The zero-order valence-corrected chi connectivity index (χ0v) is 7.21. The summed E-state index contributed by atoms with van der Waals surface area (Å²) in [7, 11) is 0. The van der Waals surface area contributed by atoms with Gasteiger partial charge >= 0.3 is 0 Å². The zero-order chi connectivity index (χ0) is 8.81. The van der Waals surface area contributed by atoms with E-state index in [1.165, 1.54) is 0 Å². The van der Waals surface area contributed by atoms with Crippen LogP contribution in [0, 0.1) is 0 Å². The summed E-state index contributed by atoms with van der Waals surface area (Å²) in [5.74, 6) is 5.32. The Hall–Kier alpha value is -1.06. The van der Waals surface area contributed by atoms with Crippen LogP contribution < -0.4 is 11.3 Å². The van der Waals surface area contributed by atoms with Gasteiger partial charge < -0.3 is 10.2 Å². The Balaban J connectivity index is 2.68. The lowest BCUT2D eigenvalue weighted by Crippen LogP contribution is -2.09. The smallest absolute Gasteiger partial charge is 0.0737 e. The van der Waals surface area contributed by atoms with Gasteiger partial charge in [0.05, 0.1) is 12.3 Å². The molecule has 0 spiro atoms. The number of hydrazine groups is 1. The number of hydrogen-bond acceptors (Lipinski definition) is 3. The van der Waals surface area contributed by atoms with E-state index in [1.807, 2.05) is 31.2 Å². The molecule has 0 aromatic heterocycles. The van der Waals surface area contributed by atoms with Crippen LogP contribution in [-0.4, -0.2) is 6.61 Å². The standard InChI is InChI=1S/C9H14N2O/c1-2-12-7-8-5-3-4-6-9(8)11-10/h3-6,11H,2,7,10H2,1H3. The third-order valence-corrected chi connectivity index (χ3v) is 1.63. The average molecular weight is 166 g/mol. The van der Waals surface area contributed by atoms with Crippen LogP contribution in [0.25, 0.3) is 0 Å². The van der Waals surface area contributed by atoms with Gasteiger partial charge in [-0.2, -0.15) is 0 Å². The highest BCUT2D eigenvalue weighted by Crippen LogP contribution is 2.13. The minimum absolute atomic E-state index is 0.608. The van der Waals surface area contributed by atoms with E-state index in [2.05, 4.69) is 5.43 Å². The second-order valence-corrected chi connectivity index (χ2v) is 2.44. The van der Waals surface area contributed by atoms with E-state index in [9.17, 15) is 0 Å². The second-order valence-electron chi connectivity index (χ2n) is 2.44. The molecular weight excluding hydrogens is 152 g/mol. The van der Waals surface area contributed by atoms with Crippen LogP contribution in [0.3, 0.4) is 0 Å². The molecule has 0 radical (unpaired) electrons. The van der Waals surface area contributed by atoms with Gasteiger partial charge in [0, 0.05) is 12.2 Å². The summed E-state index contributed by atoms with van der Waals surface area (Å²) in [6, 6.07) is 7.82. The Morgan fingerprint density at radius 1 is 1.42 bits per heavy atom. The SMILES string of the molecule is CCOCc1ccccc1NN. The van der Waals surface area contributed by atoms with Gasteiger partial charge in [0.15, 0.2) is 0 Å². The topological polar surface area (TPSA) is 47.3 Å². The van der Waals surface area contributed by atoms with E-state index >= 15 is 0 Å². The first-order valence-electron chi connectivity index (χ1n) is 4.00. The van der Waals surface area contributed by atoms with Crippen LogP contribution >= 0.6 is 0 Å². The summed E-state index contributed by atoms with van der Waals surface area (Å²) in [4.78, 5) is 0. The van der Waals surface area contributed by atoms with Crippen LogP contribution in [-0.2, 0) is 11.3 Å². The molecule has 3 N–H and O–H groups in total. The number of benzene rings is 1. The van der Waals surface area contributed by atoms with Crippen LogP contribution in [0.1, 0.15) is 12.5 Å². The largest absolute Gasteiger partial charge is 0.377 e. The monoisotopic (exact) mass is 166 g/mol. The molecule has 0 atom stereocenters. The van der Waals surface area contributed by atoms with Crippen LogP contribution in [0.2, 0.25) is 0 Å². The van der Waals surface area contributed by atoms with Crippen molar-refractivity contribution in [1.29, 1.82) is 0 Å². The van der Waals surface area contributed by atoms with E-state index in [0.717, 1.165) is 17.9 Å². The van der Waals surface area contributed by atoms with Crippen molar-refractivity contribution in [3.8, 4) is 0 Å². The van der Waals surface area contributed by atoms with E-state index in [-0.39, 0.29) is 0 Å². The van der Waals surface area contributed by atoms with Crippen molar-refractivity contribution in [1.82, 2.24) is 0 Å². The molecule has 66 valence electrons. The number of nitrogens with one attached hydrogen (secondary N) is 1. The Bertz CT molecular complexity index is 238. The lowest BCUT2D eigenvalue weighted by atomic mass is 10.2. The quantitative estimate of drug-likeness (QED) is 0.526. The molecule has 1 rings (SSSR count). The van der Waals surface area contributed by atoms with Crippen molar-refractivity contribution in [3.05, 3.63) is 29.8 Å². The minimum Gasteiger partial charge on any atom is -0.377 e. The van der Waals surface area contributed by atoms with Gasteiger partial charge in [-0.1, -0.05) is 18.2 Å². The van der Waals surface area contributed by atoms with E-state index in [4.69, 9.17) is 10.6 Å². The maximum absolute atomic E-state index is 5.32. The fourth-order valence-corrected chi connectivity index (χ4v) is 0.999. The first kappa shape index (κ1) is 9.03. The van der Waals surface area contributed by atoms with Gasteiger partial charge in [0.25, 0.3) is 0 Å². The highest BCUT2D eigenvalue weighted by molar-refractivity contribution is 5.49. The molecule has 1 aromatic rings. The molecule has 3 nitrogen and oxygen atoms in total. The van der Waals surface area contributed by atoms with Crippen molar-refractivity contribution >= 4 is 5.69 Å². The summed E-state index contributed by atoms with van der Waals surface area (Å²) in [6.45, 7) is 3.30. The Kier molecular flexibility index (Phi) is 3.57. The molecule has 0 saturated heterocycles. The first-order chi connectivity index (χ1) is 5.88. The molecule has 3 heteroatoms. The van der Waals surface area contributed by atoms with Gasteiger partial charge in [-0.25, -0.2) is 0 Å². The normalized spacial score (nSPS) is 9.83. The van der Waals surface area contributed by atoms with Crippen LogP contribution in [0.4, 0.5) is 5.69 Å². The van der Waals surface area contributed by atoms with Gasteiger partial charge in [-0.15, -0.1) is 0 Å². The summed E-state index contributed by atoms with van der Waals surface area (Å²) < 4.78 is 5.27. The van der Waals surface area contributed by atoms with Crippen molar-refractivity contribution in [2.75, 3.05) is 12.0 Å². The Morgan fingerprint density at radius 2 is 2.17 bits per heavy atom. The maximum Gasteiger partial charge on any atom is 0.0737 e. The number of para-hydroxylation sites is 1. The van der Waals surface area contributed by atoms with Gasteiger partial charge in [0.1, 0.15) is 0 Å². The molecule has 0 fully saturated rings. The highest BCUT2D eigenvalue weighted by Gasteiger charge is 1.97. The third-order valence-electron chi connectivity index (χ3n) is 1.63. The van der Waals surface area contributed by atoms with Crippen molar-refractivity contribution in [2.24, 2.45) is 5.84 Å². The maximum atomic E-state index is 5.32. The number of rotatable bonds is 4. The van der Waals surface area contributed by atoms with Crippen molar-refractivity contribution in [3.63, 3.8) is 0 Å².